The number of pyridine rings is 1. The smallest absolute Gasteiger partial charge is 0.309 e. The van der Waals surface area contributed by atoms with E-state index in [1.165, 1.54) is 4.90 Å². The summed E-state index contributed by atoms with van der Waals surface area (Å²) in [5, 5.41) is 0. The number of aryl methyl sites for hydroxylation is 1. The highest BCUT2D eigenvalue weighted by Gasteiger charge is 2.29. The van der Waals surface area contributed by atoms with Gasteiger partial charge in [-0.2, -0.15) is 0 Å². The minimum Gasteiger partial charge on any atom is -0.466 e. The van der Waals surface area contributed by atoms with Crippen LogP contribution < -0.4 is 0 Å². The van der Waals surface area contributed by atoms with Gasteiger partial charge in [0, 0.05) is 37.7 Å². The molecule has 2 aromatic heterocycles. The van der Waals surface area contributed by atoms with Gasteiger partial charge in [-0.3, -0.25) is 14.4 Å². The fourth-order valence-electron chi connectivity index (χ4n) is 4.02. The van der Waals surface area contributed by atoms with Crippen molar-refractivity contribution in [1.82, 2.24) is 19.4 Å². The van der Waals surface area contributed by atoms with E-state index < -0.39 is 0 Å². The van der Waals surface area contributed by atoms with Crippen molar-refractivity contribution in [3.8, 4) is 5.82 Å². The number of carbonyl (C=O) groups excluding carboxylic acids is 3. The summed E-state index contributed by atoms with van der Waals surface area (Å²) in [7, 11) is 1.64. The Bertz CT molecular complexity index is 946. The summed E-state index contributed by atoms with van der Waals surface area (Å²) in [5.41, 5.74) is 2.25. The van der Waals surface area contributed by atoms with Crippen molar-refractivity contribution in [3.63, 3.8) is 0 Å². The Balaban J connectivity index is 1.63. The highest BCUT2D eigenvalue weighted by Crippen LogP contribution is 2.22. The van der Waals surface area contributed by atoms with E-state index in [1.807, 2.05) is 42.7 Å². The summed E-state index contributed by atoms with van der Waals surface area (Å²) in [6.45, 7) is 6.96. The van der Waals surface area contributed by atoms with Crippen LogP contribution in [0.15, 0.2) is 30.5 Å². The summed E-state index contributed by atoms with van der Waals surface area (Å²) in [4.78, 5) is 45.2. The lowest BCUT2D eigenvalue weighted by Gasteiger charge is -2.32. The number of hydrogen-bond donors (Lipinski definition) is 0. The molecule has 1 aliphatic heterocycles. The molecule has 0 saturated carbocycles. The first kappa shape index (κ1) is 22.5. The summed E-state index contributed by atoms with van der Waals surface area (Å²) in [6.07, 6.45) is 2.90. The van der Waals surface area contributed by atoms with Gasteiger partial charge in [-0.25, -0.2) is 4.98 Å². The molecule has 0 spiro atoms. The third kappa shape index (κ3) is 4.95. The van der Waals surface area contributed by atoms with Gasteiger partial charge >= 0.3 is 5.97 Å². The number of likely N-dealkylation sites (N-methyl/N-ethyl adjacent to an activating group) is 1. The molecule has 166 valence electrons. The standard InChI is InChI=1S/C23H30N4O4/c1-5-31-23(30)18-9-12-26(13-10-18)21(28)15-25(4)22(29)19-14-16(2)27(17(19)3)20-8-6-7-11-24-20/h6-8,11,14,18H,5,9-10,12-13,15H2,1-4H3. The minimum absolute atomic E-state index is 0.00381. The lowest BCUT2D eigenvalue weighted by Crippen LogP contribution is -2.45. The molecule has 1 saturated heterocycles. The summed E-state index contributed by atoms with van der Waals surface area (Å²) in [6, 6.07) is 7.47. The van der Waals surface area contributed by atoms with Gasteiger partial charge in [-0.1, -0.05) is 6.07 Å². The molecular weight excluding hydrogens is 396 g/mol. The molecule has 31 heavy (non-hydrogen) atoms. The lowest BCUT2D eigenvalue weighted by molar-refractivity contribution is -0.151. The third-order valence-corrected chi connectivity index (χ3v) is 5.73. The SMILES string of the molecule is CCOC(=O)C1CCN(C(=O)CN(C)C(=O)c2cc(C)n(-c3ccccn3)c2C)CC1. The molecule has 8 nitrogen and oxygen atoms in total. The van der Waals surface area contributed by atoms with Gasteiger partial charge in [0.25, 0.3) is 5.91 Å². The lowest BCUT2D eigenvalue weighted by atomic mass is 9.97. The Hall–Kier alpha value is -3.16. The van der Waals surface area contributed by atoms with Crippen LogP contribution in [0.5, 0.6) is 0 Å². The number of carbonyl (C=O) groups is 3. The van der Waals surface area contributed by atoms with Gasteiger partial charge in [-0.05, 0) is 51.8 Å². The first-order chi connectivity index (χ1) is 14.8. The van der Waals surface area contributed by atoms with E-state index in [0.29, 0.717) is 38.1 Å². The average molecular weight is 427 g/mol. The molecule has 1 aliphatic rings. The number of nitrogens with zero attached hydrogens (tertiary/aromatic N) is 4. The number of aromatic nitrogens is 2. The molecule has 3 heterocycles. The Morgan fingerprint density at radius 2 is 1.90 bits per heavy atom. The highest BCUT2D eigenvalue weighted by atomic mass is 16.5. The van der Waals surface area contributed by atoms with E-state index in [0.717, 1.165) is 17.2 Å². The zero-order valence-electron chi connectivity index (χ0n) is 18.6. The van der Waals surface area contributed by atoms with Crippen molar-refractivity contribution in [3.05, 3.63) is 47.4 Å². The molecule has 2 amide bonds. The Labute approximate surface area is 182 Å². The van der Waals surface area contributed by atoms with Crippen LogP contribution in [0.3, 0.4) is 0 Å². The van der Waals surface area contributed by atoms with E-state index >= 15 is 0 Å². The number of amides is 2. The summed E-state index contributed by atoms with van der Waals surface area (Å²) >= 11 is 0. The van der Waals surface area contributed by atoms with Crippen molar-refractivity contribution in [2.75, 3.05) is 33.3 Å². The Kier molecular flexibility index (Phi) is 7.09. The maximum absolute atomic E-state index is 13.1. The number of esters is 1. The second-order valence-electron chi connectivity index (χ2n) is 7.88. The zero-order chi connectivity index (χ0) is 22.5. The maximum Gasteiger partial charge on any atom is 0.309 e. The molecule has 0 atom stereocenters. The van der Waals surface area contributed by atoms with Gasteiger partial charge < -0.3 is 19.1 Å². The van der Waals surface area contributed by atoms with Crippen LogP contribution in [0.25, 0.3) is 5.82 Å². The largest absolute Gasteiger partial charge is 0.466 e. The van der Waals surface area contributed by atoms with Crippen LogP contribution in [0.2, 0.25) is 0 Å². The van der Waals surface area contributed by atoms with Crippen molar-refractivity contribution < 1.29 is 19.1 Å². The van der Waals surface area contributed by atoms with Crippen molar-refractivity contribution in [2.24, 2.45) is 5.92 Å². The summed E-state index contributed by atoms with van der Waals surface area (Å²) in [5.74, 6) is 0.0898. The first-order valence-corrected chi connectivity index (χ1v) is 10.6. The third-order valence-electron chi connectivity index (χ3n) is 5.73. The Morgan fingerprint density at radius 1 is 1.19 bits per heavy atom. The molecule has 0 aliphatic carbocycles. The number of ether oxygens (including phenoxy) is 1. The zero-order valence-corrected chi connectivity index (χ0v) is 18.6. The molecule has 0 bridgehead atoms. The van der Waals surface area contributed by atoms with E-state index in [4.69, 9.17) is 4.74 Å². The second-order valence-corrected chi connectivity index (χ2v) is 7.88. The highest BCUT2D eigenvalue weighted by molar-refractivity contribution is 5.97. The van der Waals surface area contributed by atoms with E-state index in [9.17, 15) is 14.4 Å². The summed E-state index contributed by atoms with van der Waals surface area (Å²) < 4.78 is 7.01. The fourth-order valence-corrected chi connectivity index (χ4v) is 4.02. The second kappa shape index (κ2) is 9.76. The van der Waals surface area contributed by atoms with Gasteiger partial charge in [0.1, 0.15) is 5.82 Å². The molecular formula is C23H30N4O4. The van der Waals surface area contributed by atoms with Gasteiger partial charge in [0.2, 0.25) is 5.91 Å². The molecule has 1 fully saturated rings. The first-order valence-electron chi connectivity index (χ1n) is 10.6. The fraction of sp³-hybridized carbons (Fsp3) is 0.478. The van der Waals surface area contributed by atoms with Crippen molar-refractivity contribution in [1.29, 1.82) is 0 Å². The van der Waals surface area contributed by atoms with Crippen LogP contribution in [0, 0.1) is 19.8 Å². The van der Waals surface area contributed by atoms with E-state index in [1.54, 1.807) is 25.1 Å². The van der Waals surface area contributed by atoms with Crippen LogP contribution in [0.4, 0.5) is 0 Å². The molecule has 0 N–H and O–H groups in total. The predicted octanol–water partition coefficient (Wildman–Crippen LogP) is 2.36. The number of piperidine rings is 1. The van der Waals surface area contributed by atoms with E-state index in [2.05, 4.69) is 4.98 Å². The van der Waals surface area contributed by atoms with Gasteiger partial charge in [-0.15, -0.1) is 0 Å². The minimum atomic E-state index is -0.204. The molecule has 0 radical (unpaired) electrons. The van der Waals surface area contributed by atoms with E-state index in [-0.39, 0.29) is 30.2 Å². The van der Waals surface area contributed by atoms with Crippen LogP contribution in [0.1, 0.15) is 41.5 Å². The number of likely N-dealkylation sites (tertiary alicyclic amines) is 1. The van der Waals surface area contributed by atoms with Crippen LogP contribution >= 0.6 is 0 Å². The van der Waals surface area contributed by atoms with Crippen LogP contribution in [-0.2, 0) is 14.3 Å². The van der Waals surface area contributed by atoms with Crippen molar-refractivity contribution in [2.45, 2.75) is 33.6 Å². The van der Waals surface area contributed by atoms with Gasteiger partial charge in [0.15, 0.2) is 0 Å². The molecule has 0 unspecified atom stereocenters. The predicted molar refractivity (Wildman–Crippen MR) is 116 cm³/mol. The van der Waals surface area contributed by atoms with Crippen LogP contribution in [-0.4, -0.2) is 70.4 Å². The molecule has 3 rings (SSSR count). The number of rotatable bonds is 6. The topological polar surface area (TPSA) is 84.7 Å². The van der Waals surface area contributed by atoms with Crippen molar-refractivity contribution >= 4 is 17.8 Å². The normalized spacial score (nSPS) is 14.4. The maximum atomic E-state index is 13.1. The quantitative estimate of drug-likeness (QED) is 0.662. The molecule has 2 aromatic rings. The number of hydrogen-bond acceptors (Lipinski definition) is 5. The van der Waals surface area contributed by atoms with Gasteiger partial charge in [0.05, 0.1) is 24.6 Å². The molecule has 0 aromatic carbocycles. The monoisotopic (exact) mass is 426 g/mol. The molecule has 8 heteroatoms. The Morgan fingerprint density at radius 3 is 2.52 bits per heavy atom. The average Bonchev–Trinajstić information content (AvgIpc) is 3.07.